The van der Waals surface area contributed by atoms with Gasteiger partial charge in [0, 0.05) is 22.7 Å². The SMILES string of the molecule is COc1cccc(-c2cnc3ccccc3c2)c1F. The lowest BCUT2D eigenvalue weighted by Gasteiger charge is -2.08. The molecule has 0 spiro atoms. The third-order valence-corrected chi connectivity index (χ3v) is 3.08. The van der Waals surface area contributed by atoms with Crippen molar-refractivity contribution in [3.8, 4) is 16.9 Å². The van der Waals surface area contributed by atoms with Crippen LogP contribution in [0, 0.1) is 5.82 Å². The Morgan fingerprint density at radius 1 is 1.05 bits per heavy atom. The number of benzene rings is 2. The number of hydrogen-bond donors (Lipinski definition) is 0. The number of ether oxygens (including phenoxy) is 1. The highest BCUT2D eigenvalue weighted by Crippen LogP contribution is 2.29. The van der Waals surface area contributed by atoms with Crippen LogP contribution in [0.5, 0.6) is 5.75 Å². The minimum absolute atomic E-state index is 0.241. The summed E-state index contributed by atoms with van der Waals surface area (Å²) in [6.07, 6.45) is 1.68. The third kappa shape index (κ3) is 2.03. The number of rotatable bonds is 2. The smallest absolute Gasteiger partial charge is 0.172 e. The van der Waals surface area contributed by atoms with Crippen molar-refractivity contribution in [1.29, 1.82) is 0 Å². The van der Waals surface area contributed by atoms with E-state index in [1.807, 2.05) is 30.3 Å². The molecule has 1 heterocycles. The van der Waals surface area contributed by atoms with Gasteiger partial charge in [0.05, 0.1) is 12.6 Å². The second-order valence-electron chi connectivity index (χ2n) is 4.24. The number of aromatic nitrogens is 1. The van der Waals surface area contributed by atoms with E-state index in [2.05, 4.69) is 4.98 Å². The fourth-order valence-corrected chi connectivity index (χ4v) is 2.11. The number of nitrogens with zero attached hydrogens (tertiary/aromatic N) is 1. The molecule has 94 valence electrons. The van der Waals surface area contributed by atoms with Crippen LogP contribution in [0.4, 0.5) is 4.39 Å². The molecule has 0 fully saturated rings. The van der Waals surface area contributed by atoms with E-state index in [1.165, 1.54) is 7.11 Å². The van der Waals surface area contributed by atoms with E-state index in [0.717, 1.165) is 16.5 Å². The fourth-order valence-electron chi connectivity index (χ4n) is 2.11. The predicted octanol–water partition coefficient (Wildman–Crippen LogP) is 4.05. The van der Waals surface area contributed by atoms with E-state index in [-0.39, 0.29) is 11.6 Å². The van der Waals surface area contributed by atoms with Gasteiger partial charge in [-0.2, -0.15) is 0 Å². The topological polar surface area (TPSA) is 22.1 Å². The van der Waals surface area contributed by atoms with E-state index in [1.54, 1.807) is 24.4 Å². The van der Waals surface area contributed by atoms with Gasteiger partial charge in [0.1, 0.15) is 0 Å². The maximum atomic E-state index is 14.2. The number of para-hydroxylation sites is 1. The van der Waals surface area contributed by atoms with E-state index in [4.69, 9.17) is 4.74 Å². The standard InChI is InChI=1S/C16H12FNO/c1-19-15-8-4-6-13(16(15)17)12-9-11-5-2-3-7-14(11)18-10-12/h2-10H,1H3. The van der Waals surface area contributed by atoms with Gasteiger partial charge in [-0.3, -0.25) is 4.98 Å². The van der Waals surface area contributed by atoms with Crippen LogP contribution in [0.25, 0.3) is 22.0 Å². The van der Waals surface area contributed by atoms with Crippen LogP contribution in [-0.4, -0.2) is 12.1 Å². The third-order valence-electron chi connectivity index (χ3n) is 3.08. The van der Waals surface area contributed by atoms with Gasteiger partial charge in [0.2, 0.25) is 0 Å². The minimum atomic E-state index is -0.359. The van der Waals surface area contributed by atoms with Crippen molar-refractivity contribution in [1.82, 2.24) is 4.98 Å². The van der Waals surface area contributed by atoms with Crippen molar-refractivity contribution < 1.29 is 9.13 Å². The van der Waals surface area contributed by atoms with Crippen molar-refractivity contribution >= 4 is 10.9 Å². The Kier molecular flexibility index (Phi) is 2.88. The number of pyridine rings is 1. The summed E-state index contributed by atoms with van der Waals surface area (Å²) in [6.45, 7) is 0. The molecule has 0 bridgehead atoms. The molecule has 0 N–H and O–H groups in total. The molecule has 0 aliphatic rings. The van der Waals surface area contributed by atoms with E-state index in [9.17, 15) is 4.39 Å². The van der Waals surface area contributed by atoms with E-state index in [0.29, 0.717) is 5.56 Å². The summed E-state index contributed by atoms with van der Waals surface area (Å²) >= 11 is 0. The predicted molar refractivity (Wildman–Crippen MR) is 73.7 cm³/mol. The van der Waals surface area contributed by atoms with Crippen LogP contribution < -0.4 is 4.74 Å². The van der Waals surface area contributed by atoms with Crippen LogP contribution in [0.3, 0.4) is 0 Å². The first kappa shape index (κ1) is 11.7. The van der Waals surface area contributed by atoms with Crippen molar-refractivity contribution in [2.75, 3.05) is 7.11 Å². The molecule has 0 saturated carbocycles. The van der Waals surface area contributed by atoms with Gasteiger partial charge in [0.15, 0.2) is 11.6 Å². The Hall–Kier alpha value is -2.42. The summed E-state index contributed by atoms with van der Waals surface area (Å²) < 4.78 is 19.2. The summed E-state index contributed by atoms with van der Waals surface area (Å²) in [5.41, 5.74) is 2.14. The highest BCUT2D eigenvalue weighted by molar-refractivity contribution is 5.83. The van der Waals surface area contributed by atoms with Crippen molar-refractivity contribution in [3.63, 3.8) is 0 Å². The Balaban J connectivity index is 2.19. The lowest BCUT2D eigenvalue weighted by atomic mass is 10.0. The molecule has 0 atom stereocenters. The van der Waals surface area contributed by atoms with Gasteiger partial charge < -0.3 is 4.74 Å². The summed E-state index contributed by atoms with van der Waals surface area (Å²) in [6, 6.07) is 14.8. The first-order valence-electron chi connectivity index (χ1n) is 5.97. The average molecular weight is 253 g/mol. The molecule has 0 saturated heterocycles. The molecule has 1 aromatic heterocycles. The zero-order chi connectivity index (χ0) is 13.2. The van der Waals surface area contributed by atoms with Crippen molar-refractivity contribution in [2.45, 2.75) is 0 Å². The summed E-state index contributed by atoms with van der Waals surface area (Å²) in [5.74, 6) is -0.118. The van der Waals surface area contributed by atoms with Gasteiger partial charge >= 0.3 is 0 Å². The molecule has 0 aliphatic heterocycles. The number of methoxy groups -OCH3 is 1. The quantitative estimate of drug-likeness (QED) is 0.687. The molecule has 0 unspecified atom stereocenters. The lowest BCUT2D eigenvalue weighted by molar-refractivity contribution is 0.387. The number of hydrogen-bond acceptors (Lipinski definition) is 2. The average Bonchev–Trinajstić information content (AvgIpc) is 2.47. The molecule has 19 heavy (non-hydrogen) atoms. The second kappa shape index (κ2) is 4.69. The maximum Gasteiger partial charge on any atom is 0.172 e. The zero-order valence-corrected chi connectivity index (χ0v) is 10.4. The van der Waals surface area contributed by atoms with Crippen LogP contribution in [0.15, 0.2) is 54.7 Å². The maximum absolute atomic E-state index is 14.2. The molecule has 0 radical (unpaired) electrons. The minimum Gasteiger partial charge on any atom is -0.494 e. The van der Waals surface area contributed by atoms with Gasteiger partial charge in [-0.05, 0) is 18.2 Å². The molecule has 0 aliphatic carbocycles. The Bertz CT molecular complexity index is 740. The zero-order valence-electron chi connectivity index (χ0n) is 10.4. The Morgan fingerprint density at radius 2 is 1.89 bits per heavy atom. The number of halogens is 1. The van der Waals surface area contributed by atoms with Crippen LogP contribution >= 0.6 is 0 Å². The highest BCUT2D eigenvalue weighted by Gasteiger charge is 2.10. The van der Waals surface area contributed by atoms with Crippen LogP contribution in [0.2, 0.25) is 0 Å². The van der Waals surface area contributed by atoms with Crippen LogP contribution in [0.1, 0.15) is 0 Å². The largest absolute Gasteiger partial charge is 0.494 e. The normalized spacial score (nSPS) is 10.6. The van der Waals surface area contributed by atoms with Gasteiger partial charge in [-0.1, -0.05) is 30.3 Å². The molecule has 2 aromatic carbocycles. The highest BCUT2D eigenvalue weighted by atomic mass is 19.1. The van der Waals surface area contributed by atoms with Crippen LogP contribution in [-0.2, 0) is 0 Å². The monoisotopic (exact) mass is 253 g/mol. The second-order valence-corrected chi connectivity index (χ2v) is 4.24. The molecule has 0 amide bonds. The first-order valence-corrected chi connectivity index (χ1v) is 5.97. The number of fused-ring (bicyclic) bond motifs is 1. The molecule has 3 heteroatoms. The van der Waals surface area contributed by atoms with Crippen molar-refractivity contribution in [3.05, 3.63) is 60.5 Å². The first-order chi connectivity index (χ1) is 9.29. The van der Waals surface area contributed by atoms with Gasteiger partial charge in [-0.25, -0.2) is 4.39 Å². The summed E-state index contributed by atoms with van der Waals surface area (Å²) in [4.78, 5) is 4.35. The summed E-state index contributed by atoms with van der Waals surface area (Å²) in [7, 11) is 1.46. The molecule has 2 nitrogen and oxygen atoms in total. The van der Waals surface area contributed by atoms with Gasteiger partial charge in [-0.15, -0.1) is 0 Å². The molecule has 3 aromatic rings. The lowest BCUT2D eigenvalue weighted by Crippen LogP contribution is -1.92. The fraction of sp³-hybridized carbons (Fsp3) is 0.0625. The van der Waals surface area contributed by atoms with E-state index < -0.39 is 0 Å². The molecular formula is C16H12FNO. The molecule has 3 rings (SSSR count). The Morgan fingerprint density at radius 3 is 2.74 bits per heavy atom. The molecular weight excluding hydrogens is 241 g/mol. The summed E-state index contributed by atoms with van der Waals surface area (Å²) in [5, 5.41) is 0.988. The van der Waals surface area contributed by atoms with Crippen molar-refractivity contribution in [2.24, 2.45) is 0 Å². The van der Waals surface area contributed by atoms with Gasteiger partial charge in [0.25, 0.3) is 0 Å². The Labute approximate surface area is 110 Å². The van der Waals surface area contributed by atoms with E-state index >= 15 is 0 Å².